The molecule has 0 fully saturated rings. The van der Waals surface area contributed by atoms with E-state index in [1.54, 1.807) is 19.9 Å². The molecule has 0 radical (unpaired) electrons. The van der Waals surface area contributed by atoms with Gasteiger partial charge in [-0.05, 0) is 92.5 Å². The molecule has 0 saturated heterocycles. The van der Waals surface area contributed by atoms with E-state index in [9.17, 15) is 4.79 Å². The molecule has 1 unspecified atom stereocenters. The number of thiol groups is 1. The lowest BCUT2D eigenvalue weighted by Gasteiger charge is -2.39. The Hall–Kier alpha value is -1.10. The average molecular weight is 554 g/mol. The molecular formula is C28H35BrClFOS. The molecule has 0 N–H and O–H groups in total. The van der Waals surface area contributed by atoms with Crippen LogP contribution in [0.15, 0.2) is 46.9 Å². The first-order chi connectivity index (χ1) is 15.1. The Bertz CT molecular complexity index is 1030. The van der Waals surface area contributed by atoms with Crippen LogP contribution < -0.4 is 0 Å². The Kier molecular flexibility index (Phi) is 9.09. The average Bonchev–Trinajstić information content (AvgIpc) is 2.67. The number of aryl methyl sites for hydroxylation is 1. The smallest absolute Gasteiger partial charge is 0.164 e. The number of hydrogen-bond acceptors (Lipinski definition) is 2. The van der Waals surface area contributed by atoms with Crippen LogP contribution in [0.2, 0.25) is 5.02 Å². The number of Topliss-reactive ketones (excluding diaryl/α,β-unsaturated/α-hetero) is 1. The topological polar surface area (TPSA) is 17.1 Å². The maximum Gasteiger partial charge on any atom is 0.164 e. The van der Waals surface area contributed by atoms with Crippen LogP contribution in [0.25, 0.3) is 5.57 Å². The van der Waals surface area contributed by atoms with Crippen molar-refractivity contribution in [3.8, 4) is 0 Å². The van der Waals surface area contributed by atoms with E-state index in [0.29, 0.717) is 23.4 Å². The summed E-state index contributed by atoms with van der Waals surface area (Å²) < 4.78 is 15.3. The number of benzene rings is 2. The van der Waals surface area contributed by atoms with Crippen molar-refractivity contribution in [3.63, 3.8) is 0 Å². The molecule has 180 valence electrons. The molecule has 5 heteroatoms. The Balaban J connectivity index is 2.41. The van der Waals surface area contributed by atoms with Gasteiger partial charge in [0.25, 0.3) is 0 Å². The van der Waals surface area contributed by atoms with Gasteiger partial charge < -0.3 is 0 Å². The van der Waals surface area contributed by atoms with Gasteiger partial charge in [-0.15, -0.1) is 0 Å². The first-order valence-corrected chi connectivity index (χ1v) is 12.9. The van der Waals surface area contributed by atoms with E-state index >= 15 is 4.39 Å². The number of allylic oxidation sites excluding steroid dienone is 2. The Morgan fingerprint density at radius 2 is 1.76 bits per heavy atom. The Morgan fingerprint density at radius 1 is 1.12 bits per heavy atom. The number of carbonyl (C=O) groups is 1. The standard InChI is InChI=1S/C28H35BrClFOS/c1-8-19(17-28(33,27(6,7)31)21-13-18(2)14-22(30)16-21)20-9-10-23(24(29)15-20)25(32)11-12-26(3,4)5/h8-10,13-16,33H,11-12,17H2,1-7H3. The quantitative estimate of drug-likeness (QED) is 0.254. The van der Waals surface area contributed by atoms with Crippen LogP contribution in [0.4, 0.5) is 4.39 Å². The Morgan fingerprint density at radius 3 is 2.24 bits per heavy atom. The van der Waals surface area contributed by atoms with Gasteiger partial charge in [-0.2, -0.15) is 12.6 Å². The minimum absolute atomic E-state index is 0.105. The van der Waals surface area contributed by atoms with Crippen molar-refractivity contribution in [1.29, 1.82) is 0 Å². The van der Waals surface area contributed by atoms with Crippen molar-refractivity contribution in [3.05, 3.63) is 74.2 Å². The van der Waals surface area contributed by atoms with E-state index in [0.717, 1.165) is 33.2 Å². The molecule has 1 nitrogen and oxygen atoms in total. The highest BCUT2D eigenvalue weighted by atomic mass is 79.9. The van der Waals surface area contributed by atoms with Crippen molar-refractivity contribution in [1.82, 2.24) is 0 Å². The number of alkyl halides is 1. The second kappa shape index (κ2) is 10.7. The monoisotopic (exact) mass is 552 g/mol. The summed E-state index contributed by atoms with van der Waals surface area (Å²) in [4.78, 5) is 12.8. The second-order valence-corrected chi connectivity index (χ2v) is 12.6. The first-order valence-electron chi connectivity index (χ1n) is 11.2. The molecule has 0 spiro atoms. The van der Waals surface area contributed by atoms with E-state index in [2.05, 4.69) is 36.7 Å². The number of rotatable bonds is 8. The van der Waals surface area contributed by atoms with E-state index in [4.69, 9.17) is 24.2 Å². The van der Waals surface area contributed by atoms with Crippen molar-refractivity contribution in [2.45, 2.75) is 78.1 Å². The molecule has 0 aromatic heterocycles. The molecule has 0 aliphatic heterocycles. The molecule has 2 rings (SSSR count). The number of halogens is 3. The van der Waals surface area contributed by atoms with Crippen LogP contribution in [-0.4, -0.2) is 11.5 Å². The number of hydrogen-bond donors (Lipinski definition) is 1. The molecule has 0 aliphatic carbocycles. The predicted molar refractivity (Wildman–Crippen MR) is 147 cm³/mol. The van der Waals surface area contributed by atoms with Crippen molar-refractivity contribution >= 4 is 51.5 Å². The molecule has 33 heavy (non-hydrogen) atoms. The highest BCUT2D eigenvalue weighted by Crippen LogP contribution is 2.49. The van der Waals surface area contributed by atoms with Crippen LogP contribution >= 0.6 is 40.2 Å². The summed E-state index contributed by atoms with van der Waals surface area (Å²) in [6.45, 7) is 13.4. The van der Waals surface area contributed by atoms with Gasteiger partial charge in [0, 0.05) is 21.5 Å². The highest BCUT2D eigenvalue weighted by molar-refractivity contribution is 9.10. The molecule has 2 aromatic rings. The fraction of sp³-hybridized carbons (Fsp3) is 0.464. The minimum atomic E-state index is -1.62. The molecule has 0 heterocycles. The zero-order valence-corrected chi connectivity index (χ0v) is 23.9. The van der Waals surface area contributed by atoms with E-state index in [1.807, 2.05) is 50.3 Å². The lowest BCUT2D eigenvalue weighted by atomic mass is 9.78. The van der Waals surface area contributed by atoms with Gasteiger partial charge in [0.1, 0.15) is 5.67 Å². The molecular weight excluding hydrogens is 519 g/mol. The van der Waals surface area contributed by atoms with Gasteiger partial charge in [0.2, 0.25) is 0 Å². The first kappa shape index (κ1) is 28.1. The fourth-order valence-electron chi connectivity index (χ4n) is 3.84. The largest absolute Gasteiger partial charge is 0.294 e. The third-order valence-corrected chi connectivity index (χ3v) is 7.86. The van der Waals surface area contributed by atoms with Gasteiger partial charge in [-0.25, -0.2) is 4.39 Å². The van der Waals surface area contributed by atoms with Gasteiger partial charge in [-0.1, -0.05) is 66.5 Å². The van der Waals surface area contributed by atoms with Crippen LogP contribution in [0, 0.1) is 12.3 Å². The van der Waals surface area contributed by atoms with Gasteiger partial charge in [-0.3, -0.25) is 4.79 Å². The van der Waals surface area contributed by atoms with Crippen LogP contribution in [-0.2, 0) is 4.75 Å². The fourth-order valence-corrected chi connectivity index (χ4v) is 5.03. The second-order valence-electron chi connectivity index (χ2n) is 10.5. The third-order valence-electron chi connectivity index (χ3n) is 6.04. The highest BCUT2D eigenvalue weighted by Gasteiger charge is 2.45. The van der Waals surface area contributed by atoms with E-state index in [-0.39, 0.29) is 11.2 Å². The van der Waals surface area contributed by atoms with E-state index in [1.165, 1.54) is 0 Å². The summed E-state index contributed by atoms with van der Waals surface area (Å²) in [5.74, 6) is 0.119. The van der Waals surface area contributed by atoms with Crippen LogP contribution in [0.3, 0.4) is 0 Å². The normalized spacial score (nSPS) is 14.8. The van der Waals surface area contributed by atoms with Crippen molar-refractivity contribution < 1.29 is 9.18 Å². The molecule has 0 aliphatic rings. The van der Waals surface area contributed by atoms with Crippen molar-refractivity contribution in [2.75, 3.05) is 0 Å². The van der Waals surface area contributed by atoms with Crippen LogP contribution in [0.1, 0.15) is 87.9 Å². The van der Waals surface area contributed by atoms with Gasteiger partial charge in [0.15, 0.2) is 5.78 Å². The molecule has 0 bridgehead atoms. The lowest BCUT2D eigenvalue weighted by molar-refractivity contribution is 0.0965. The molecule has 0 saturated carbocycles. The maximum atomic E-state index is 15.6. The van der Waals surface area contributed by atoms with Crippen LogP contribution in [0.5, 0.6) is 0 Å². The summed E-state index contributed by atoms with van der Waals surface area (Å²) in [5.41, 5.74) is 2.74. The zero-order chi connectivity index (χ0) is 25.2. The Labute approximate surface area is 217 Å². The summed E-state index contributed by atoms with van der Waals surface area (Å²) in [6.07, 6.45) is 3.67. The van der Waals surface area contributed by atoms with Gasteiger partial charge in [0.05, 0.1) is 4.75 Å². The summed E-state index contributed by atoms with van der Waals surface area (Å²) in [5, 5.41) is 0.565. The maximum absolute atomic E-state index is 15.6. The summed E-state index contributed by atoms with van der Waals surface area (Å²) in [6, 6.07) is 11.3. The van der Waals surface area contributed by atoms with Crippen molar-refractivity contribution in [2.24, 2.45) is 5.41 Å². The predicted octanol–water partition coefficient (Wildman–Crippen LogP) is 9.79. The molecule has 2 aromatic carbocycles. The summed E-state index contributed by atoms with van der Waals surface area (Å²) in [7, 11) is 0. The zero-order valence-electron chi connectivity index (χ0n) is 20.7. The SMILES string of the molecule is CC=C(CC(S)(c1cc(C)cc(Cl)c1)C(C)(C)F)c1ccc(C(=O)CCC(C)(C)C)c(Br)c1. The number of ketones is 1. The summed E-state index contributed by atoms with van der Waals surface area (Å²) >= 11 is 14.8. The van der Waals surface area contributed by atoms with E-state index < -0.39 is 10.4 Å². The molecule has 0 amide bonds. The lowest BCUT2D eigenvalue weighted by Crippen LogP contribution is -2.39. The number of carbonyl (C=O) groups excluding carboxylic acids is 1. The van der Waals surface area contributed by atoms with Gasteiger partial charge >= 0.3 is 0 Å². The molecule has 1 atom stereocenters. The minimum Gasteiger partial charge on any atom is -0.294 e. The third kappa shape index (κ3) is 7.19.